The predicted octanol–water partition coefficient (Wildman–Crippen LogP) is 2.92. The second-order valence-electron chi connectivity index (χ2n) is 2.82. The van der Waals surface area contributed by atoms with E-state index < -0.39 is 0 Å². The van der Waals surface area contributed by atoms with Crippen LogP contribution in [0.1, 0.15) is 13.8 Å². The van der Waals surface area contributed by atoms with Gasteiger partial charge in [-0.25, -0.2) is 0 Å². The monoisotopic (exact) mass is 212 g/mol. The molecule has 1 N–H and O–H groups in total. The molecule has 0 bridgehead atoms. The SMILES string of the molecule is CC(C)SC(=S)Nc1cccnc1. The van der Waals surface area contributed by atoms with Crippen molar-refractivity contribution in [3.05, 3.63) is 24.5 Å². The highest BCUT2D eigenvalue weighted by Gasteiger charge is 2.00. The molecule has 0 aliphatic rings. The van der Waals surface area contributed by atoms with Crippen LogP contribution in [0.15, 0.2) is 24.5 Å². The Hall–Kier alpha value is -0.610. The maximum Gasteiger partial charge on any atom is 0.138 e. The highest BCUT2D eigenvalue weighted by Crippen LogP contribution is 2.14. The fraction of sp³-hybridized carbons (Fsp3) is 0.333. The van der Waals surface area contributed by atoms with Crippen molar-refractivity contribution in [2.45, 2.75) is 19.1 Å². The summed E-state index contributed by atoms with van der Waals surface area (Å²) < 4.78 is 0.794. The normalized spacial score (nSPS) is 10.1. The summed E-state index contributed by atoms with van der Waals surface area (Å²) >= 11 is 6.78. The van der Waals surface area contributed by atoms with E-state index in [4.69, 9.17) is 12.2 Å². The van der Waals surface area contributed by atoms with Crippen LogP contribution in [0.4, 0.5) is 5.69 Å². The highest BCUT2D eigenvalue weighted by atomic mass is 32.2. The summed E-state index contributed by atoms with van der Waals surface area (Å²) in [5.74, 6) is 0. The summed E-state index contributed by atoms with van der Waals surface area (Å²) in [7, 11) is 0. The highest BCUT2D eigenvalue weighted by molar-refractivity contribution is 8.23. The molecule has 0 spiro atoms. The van der Waals surface area contributed by atoms with Crippen molar-refractivity contribution in [2.24, 2.45) is 0 Å². The number of hydrogen-bond donors (Lipinski definition) is 1. The number of nitrogens with one attached hydrogen (secondary N) is 1. The first-order valence-electron chi connectivity index (χ1n) is 4.06. The number of hydrogen-bond acceptors (Lipinski definition) is 3. The molecule has 1 aromatic heterocycles. The van der Waals surface area contributed by atoms with Crippen molar-refractivity contribution in [1.82, 2.24) is 4.98 Å². The van der Waals surface area contributed by atoms with Crippen LogP contribution in [0.5, 0.6) is 0 Å². The molecule has 0 unspecified atom stereocenters. The summed E-state index contributed by atoms with van der Waals surface area (Å²) in [6, 6.07) is 3.82. The second kappa shape index (κ2) is 5.19. The zero-order valence-corrected chi connectivity index (χ0v) is 9.28. The fourth-order valence-electron chi connectivity index (χ4n) is 0.798. The Kier molecular flexibility index (Phi) is 4.18. The number of pyridine rings is 1. The van der Waals surface area contributed by atoms with Crippen LogP contribution in [0.2, 0.25) is 0 Å². The molecule has 0 atom stereocenters. The Morgan fingerprint density at radius 1 is 1.62 bits per heavy atom. The van der Waals surface area contributed by atoms with Gasteiger partial charge >= 0.3 is 0 Å². The third-order valence-electron chi connectivity index (χ3n) is 1.25. The predicted molar refractivity (Wildman–Crippen MR) is 63.2 cm³/mol. The number of nitrogens with zero attached hydrogens (tertiary/aromatic N) is 1. The summed E-state index contributed by atoms with van der Waals surface area (Å²) in [4.78, 5) is 3.99. The number of anilines is 1. The smallest absolute Gasteiger partial charge is 0.138 e. The summed E-state index contributed by atoms with van der Waals surface area (Å²) in [5.41, 5.74) is 0.945. The third-order valence-corrected chi connectivity index (χ3v) is 2.43. The van der Waals surface area contributed by atoms with Gasteiger partial charge in [0.2, 0.25) is 0 Å². The van der Waals surface area contributed by atoms with Crippen LogP contribution < -0.4 is 5.32 Å². The van der Waals surface area contributed by atoms with Crippen LogP contribution in [0, 0.1) is 0 Å². The fourth-order valence-corrected chi connectivity index (χ4v) is 2.10. The average Bonchev–Trinajstić information content (AvgIpc) is 2.04. The van der Waals surface area contributed by atoms with Crippen LogP contribution in [-0.4, -0.2) is 14.6 Å². The molecule has 0 amide bonds. The van der Waals surface area contributed by atoms with Gasteiger partial charge in [-0.05, 0) is 12.1 Å². The minimum Gasteiger partial charge on any atom is -0.340 e. The Bertz CT molecular complexity index is 272. The lowest BCUT2D eigenvalue weighted by Crippen LogP contribution is -2.07. The lowest BCUT2D eigenvalue weighted by Gasteiger charge is -2.08. The van der Waals surface area contributed by atoms with E-state index in [1.54, 1.807) is 24.2 Å². The number of thioether (sulfide) groups is 1. The van der Waals surface area contributed by atoms with Crippen molar-refractivity contribution in [3.63, 3.8) is 0 Å². The topological polar surface area (TPSA) is 24.9 Å². The van der Waals surface area contributed by atoms with Gasteiger partial charge in [-0.2, -0.15) is 0 Å². The van der Waals surface area contributed by atoms with Crippen molar-refractivity contribution in [3.8, 4) is 0 Å². The number of rotatable bonds is 2. The Morgan fingerprint density at radius 3 is 2.92 bits per heavy atom. The molecule has 0 aliphatic heterocycles. The van der Waals surface area contributed by atoms with Gasteiger partial charge in [0.15, 0.2) is 0 Å². The maximum atomic E-state index is 5.14. The molecule has 70 valence electrons. The van der Waals surface area contributed by atoms with Gasteiger partial charge in [0.05, 0.1) is 11.9 Å². The summed E-state index contributed by atoms with van der Waals surface area (Å²) in [6.45, 7) is 4.23. The minimum atomic E-state index is 0.511. The average molecular weight is 212 g/mol. The van der Waals surface area contributed by atoms with Gasteiger partial charge in [-0.3, -0.25) is 4.98 Å². The molecule has 0 fully saturated rings. The van der Waals surface area contributed by atoms with E-state index in [0.717, 1.165) is 10.0 Å². The molecular weight excluding hydrogens is 200 g/mol. The van der Waals surface area contributed by atoms with E-state index in [-0.39, 0.29) is 0 Å². The van der Waals surface area contributed by atoms with Crippen molar-refractivity contribution in [2.75, 3.05) is 5.32 Å². The molecule has 0 saturated carbocycles. The number of thiocarbonyl (C=S) groups is 1. The molecule has 1 aromatic rings. The first kappa shape index (κ1) is 10.5. The maximum absolute atomic E-state index is 5.14. The quantitative estimate of drug-likeness (QED) is 0.762. The van der Waals surface area contributed by atoms with Gasteiger partial charge in [0.1, 0.15) is 4.32 Å². The third kappa shape index (κ3) is 4.24. The Balaban J connectivity index is 2.46. The van der Waals surface area contributed by atoms with Crippen molar-refractivity contribution in [1.29, 1.82) is 0 Å². The van der Waals surface area contributed by atoms with Crippen LogP contribution in [0.25, 0.3) is 0 Å². The lowest BCUT2D eigenvalue weighted by atomic mass is 10.4. The molecule has 2 nitrogen and oxygen atoms in total. The van der Waals surface area contributed by atoms with Crippen LogP contribution in [-0.2, 0) is 0 Å². The van der Waals surface area contributed by atoms with E-state index in [9.17, 15) is 0 Å². The van der Waals surface area contributed by atoms with Crippen LogP contribution >= 0.6 is 24.0 Å². The summed E-state index contributed by atoms with van der Waals surface area (Å²) in [6.07, 6.45) is 3.50. The molecule has 0 aromatic carbocycles. The zero-order valence-electron chi connectivity index (χ0n) is 7.65. The van der Waals surface area contributed by atoms with E-state index >= 15 is 0 Å². The van der Waals surface area contributed by atoms with E-state index in [1.165, 1.54) is 0 Å². The van der Waals surface area contributed by atoms with Gasteiger partial charge in [-0.1, -0.05) is 37.8 Å². The van der Waals surface area contributed by atoms with Gasteiger partial charge in [0, 0.05) is 11.4 Å². The van der Waals surface area contributed by atoms with Crippen LogP contribution in [0.3, 0.4) is 0 Å². The molecule has 4 heteroatoms. The first-order chi connectivity index (χ1) is 6.18. The minimum absolute atomic E-state index is 0.511. The van der Waals surface area contributed by atoms with Crippen molar-refractivity contribution < 1.29 is 0 Å². The second-order valence-corrected chi connectivity index (χ2v) is 5.07. The molecule has 1 heterocycles. The summed E-state index contributed by atoms with van der Waals surface area (Å²) in [5, 5.41) is 3.62. The zero-order chi connectivity index (χ0) is 9.68. The molecule has 0 saturated heterocycles. The lowest BCUT2D eigenvalue weighted by molar-refractivity contribution is 1.12. The van der Waals surface area contributed by atoms with Gasteiger partial charge in [0.25, 0.3) is 0 Å². The van der Waals surface area contributed by atoms with E-state index in [1.807, 2.05) is 12.1 Å². The standard InChI is InChI=1S/C9H12N2S2/c1-7(2)13-9(12)11-8-4-3-5-10-6-8/h3-7H,1-2H3,(H,11,12). The molecule has 1 rings (SSSR count). The van der Waals surface area contributed by atoms with Crippen molar-refractivity contribution >= 4 is 34.0 Å². The van der Waals surface area contributed by atoms with Gasteiger partial charge in [-0.15, -0.1) is 0 Å². The number of aromatic nitrogens is 1. The first-order valence-corrected chi connectivity index (χ1v) is 5.35. The molecule has 13 heavy (non-hydrogen) atoms. The molecule has 0 aliphatic carbocycles. The van der Waals surface area contributed by atoms with E-state index in [2.05, 4.69) is 24.1 Å². The Morgan fingerprint density at radius 2 is 2.38 bits per heavy atom. The molecular formula is C9H12N2S2. The van der Waals surface area contributed by atoms with E-state index in [0.29, 0.717) is 5.25 Å². The molecule has 0 radical (unpaired) electrons. The largest absolute Gasteiger partial charge is 0.340 e. The Labute approximate surface area is 88.1 Å². The van der Waals surface area contributed by atoms with Gasteiger partial charge < -0.3 is 5.32 Å².